The second-order valence-electron chi connectivity index (χ2n) is 2.85. The minimum absolute atomic E-state index is 0.0400. The summed E-state index contributed by atoms with van der Waals surface area (Å²) in [5.74, 6) is -0.833. The summed E-state index contributed by atoms with van der Waals surface area (Å²) in [6.07, 6.45) is -1.87. The molecule has 0 unspecified atom stereocenters. The third-order valence-corrected chi connectivity index (χ3v) is 2.29. The molecule has 0 aromatic carbocycles. The molecule has 0 atom stereocenters. The summed E-state index contributed by atoms with van der Waals surface area (Å²) < 4.78 is 29.6. The number of nitrogens with zero attached hydrogens (tertiary/aromatic N) is 1. The predicted molar refractivity (Wildman–Crippen MR) is 53.4 cm³/mol. The molecule has 16 heavy (non-hydrogen) atoms. The standard InChI is InChI=1S/C9H9ClF2N2O2/c1-16-9(15)6-4(2-13)5(8(11)12)3-14-7(6)10/h3,8H,2,13H2,1H3. The number of aromatic nitrogens is 1. The van der Waals surface area contributed by atoms with Gasteiger partial charge < -0.3 is 10.5 Å². The molecule has 0 saturated heterocycles. The van der Waals surface area contributed by atoms with E-state index in [9.17, 15) is 13.6 Å². The van der Waals surface area contributed by atoms with E-state index in [2.05, 4.69) is 9.72 Å². The Balaban J connectivity index is 3.44. The van der Waals surface area contributed by atoms with Crippen LogP contribution in [0.3, 0.4) is 0 Å². The summed E-state index contributed by atoms with van der Waals surface area (Å²) in [4.78, 5) is 14.8. The first-order valence-corrected chi connectivity index (χ1v) is 4.64. The van der Waals surface area contributed by atoms with Gasteiger partial charge in [0.25, 0.3) is 6.43 Å². The van der Waals surface area contributed by atoms with Crippen molar-refractivity contribution < 1.29 is 18.3 Å². The fourth-order valence-corrected chi connectivity index (χ4v) is 1.49. The quantitative estimate of drug-likeness (QED) is 0.657. The molecule has 0 aliphatic heterocycles. The number of nitrogens with two attached hydrogens (primary N) is 1. The molecule has 1 rings (SSSR count). The molecule has 0 radical (unpaired) electrons. The van der Waals surface area contributed by atoms with Gasteiger partial charge in [0.15, 0.2) is 0 Å². The highest BCUT2D eigenvalue weighted by molar-refractivity contribution is 6.32. The maximum Gasteiger partial charge on any atom is 0.341 e. The van der Waals surface area contributed by atoms with Crippen molar-refractivity contribution in [3.8, 4) is 0 Å². The number of hydrogen-bond acceptors (Lipinski definition) is 4. The summed E-state index contributed by atoms with van der Waals surface area (Å²) in [6, 6.07) is 0. The van der Waals surface area contributed by atoms with Crippen LogP contribution in [-0.2, 0) is 11.3 Å². The molecule has 0 spiro atoms. The average molecular weight is 251 g/mol. The van der Waals surface area contributed by atoms with Gasteiger partial charge in [-0.25, -0.2) is 18.6 Å². The number of alkyl halides is 2. The van der Waals surface area contributed by atoms with Crippen molar-refractivity contribution in [2.75, 3.05) is 7.11 Å². The highest BCUT2D eigenvalue weighted by Crippen LogP contribution is 2.28. The minimum Gasteiger partial charge on any atom is -0.465 e. The van der Waals surface area contributed by atoms with Gasteiger partial charge in [-0.15, -0.1) is 0 Å². The first kappa shape index (κ1) is 12.8. The molecule has 1 heterocycles. The lowest BCUT2D eigenvalue weighted by Crippen LogP contribution is -2.14. The fourth-order valence-electron chi connectivity index (χ4n) is 1.25. The number of halogens is 3. The van der Waals surface area contributed by atoms with Crippen LogP contribution in [0.5, 0.6) is 0 Å². The number of methoxy groups -OCH3 is 1. The van der Waals surface area contributed by atoms with Crippen LogP contribution in [-0.4, -0.2) is 18.1 Å². The molecule has 0 aliphatic carbocycles. The van der Waals surface area contributed by atoms with E-state index in [4.69, 9.17) is 17.3 Å². The van der Waals surface area contributed by atoms with E-state index < -0.39 is 18.0 Å². The number of rotatable bonds is 3. The third-order valence-electron chi connectivity index (χ3n) is 2.00. The minimum atomic E-state index is -2.77. The van der Waals surface area contributed by atoms with Gasteiger partial charge in [-0.1, -0.05) is 11.6 Å². The van der Waals surface area contributed by atoms with E-state index in [1.807, 2.05) is 0 Å². The summed E-state index contributed by atoms with van der Waals surface area (Å²) in [5, 5.41) is -0.197. The van der Waals surface area contributed by atoms with E-state index in [-0.39, 0.29) is 22.8 Å². The topological polar surface area (TPSA) is 65.2 Å². The first-order chi connectivity index (χ1) is 7.52. The summed E-state index contributed by atoms with van der Waals surface area (Å²) in [7, 11) is 1.12. The number of carbonyl (C=O) groups is 1. The van der Waals surface area contributed by atoms with Crippen LogP contribution in [0.2, 0.25) is 5.15 Å². The average Bonchev–Trinajstić information content (AvgIpc) is 2.26. The van der Waals surface area contributed by atoms with Crippen LogP contribution < -0.4 is 5.73 Å². The largest absolute Gasteiger partial charge is 0.465 e. The molecule has 0 fully saturated rings. The second-order valence-corrected chi connectivity index (χ2v) is 3.21. The molecule has 0 aliphatic rings. The van der Waals surface area contributed by atoms with Crippen molar-refractivity contribution in [1.29, 1.82) is 0 Å². The van der Waals surface area contributed by atoms with Gasteiger partial charge in [0.05, 0.1) is 7.11 Å². The molecule has 0 saturated carbocycles. The fraction of sp³-hybridized carbons (Fsp3) is 0.333. The Morgan fingerprint density at radius 2 is 2.31 bits per heavy atom. The van der Waals surface area contributed by atoms with Crippen LogP contribution in [0.25, 0.3) is 0 Å². The monoisotopic (exact) mass is 250 g/mol. The maximum absolute atomic E-state index is 12.6. The van der Waals surface area contributed by atoms with Crippen LogP contribution in [0.4, 0.5) is 8.78 Å². The van der Waals surface area contributed by atoms with E-state index in [0.717, 1.165) is 13.3 Å². The van der Waals surface area contributed by atoms with E-state index >= 15 is 0 Å². The normalized spacial score (nSPS) is 10.6. The summed E-state index contributed by atoms with van der Waals surface area (Å²) in [5.41, 5.74) is 4.67. The molecule has 4 nitrogen and oxygen atoms in total. The molecular formula is C9H9ClF2N2O2. The molecular weight excluding hydrogens is 242 g/mol. The van der Waals surface area contributed by atoms with Crippen molar-refractivity contribution in [2.45, 2.75) is 13.0 Å². The van der Waals surface area contributed by atoms with Crippen molar-refractivity contribution in [3.63, 3.8) is 0 Å². The lowest BCUT2D eigenvalue weighted by Gasteiger charge is -2.11. The summed E-state index contributed by atoms with van der Waals surface area (Å²) in [6.45, 7) is -0.244. The Morgan fingerprint density at radius 1 is 1.69 bits per heavy atom. The first-order valence-electron chi connectivity index (χ1n) is 4.26. The van der Waals surface area contributed by atoms with Gasteiger partial charge in [0, 0.05) is 18.3 Å². The zero-order valence-corrected chi connectivity index (χ0v) is 9.09. The second kappa shape index (κ2) is 5.18. The van der Waals surface area contributed by atoms with Crippen LogP contribution in [0, 0.1) is 0 Å². The van der Waals surface area contributed by atoms with Gasteiger partial charge in [-0.05, 0) is 5.56 Å². The molecule has 2 N–H and O–H groups in total. The van der Waals surface area contributed by atoms with E-state index in [0.29, 0.717) is 0 Å². The van der Waals surface area contributed by atoms with Crippen molar-refractivity contribution in [1.82, 2.24) is 4.98 Å². The molecule has 1 aromatic heterocycles. The zero-order valence-electron chi connectivity index (χ0n) is 8.34. The number of pyridine rings is 1. The number of esters is 1. The number of carbonyl (C=O) groups excluding carboxylic acids is 1. The molecule has 0 amide bonds. The third kappa shape index (κ3) is 2.28. The Bertz CT molecular complexity index is 413. The van der Waals surface area contributed by atoms with Crippen LogP contribution in [0.1, 0.15) is 27.9 Å². The Morgan fingerprint density at radius 3 is 2.75 bits per heavy atom. The van der Waals surface area contributed by atoms with Crippen LogP contribution >= 0.6 is 11.6 Å². The Labute approximate surface area is 95.4 Å². The van der Waals surface area contributed by atoms with Gasteiger partial charge in [-0.2, -0.15) is 0 Å². The highest BCUT2D eigenvalue weighted by Gasteiger charge is 2.23. The van der Waals surface area contributed by atoms with Gasteiger partial charge in [0.1, 0.15) is 10.7 Å². The van der Waals surface area contributed by atoms with Crippen molar-refractivity contribution in [3.05, 3.63) is 28.0 Å². The zero-order chi connectivity index (χ0) is 12.3. The number of hydrogen-bond donors (Lipinski definition) is 1. The van der Waals surface area contributed by atoms with Crippen molar-refractivity contribution >= 4 is 17.6 Å². The molecule has 0 bridgehead atoms. The Kier molecular flexibility index (Phi) is 4.14. The van der Waals surface area contributed by atoms with Crippen LogP contribution in [0.15, 0.2) is 6.20 Å². The SMILES string of the molecule is COC(=O)c1c(Cl)ncc(C(F)F)c1CN. The van der Waals surface area contributed by atoms with E-state index in [1.54, 1.807) is 0 Å². The lowest BCUT2D eigenvalue weighted by molar-refractivity contribution is 0.0598. The van der Waals surface area contributed by atoms with Gasteiger partial charge >= 0.3 is 5.97 Å². The molecule has 7 heteroatoms. The number of ether oxygens (including phenoxy) is 1. The Hall–Kier alpha value is -1.27. The lowest BCUT2D eigenvalue weighted by atomic mass is 10.0. The van der Waals surface area contributed by atoms with Gasteiger partial charge in [-0.3, -0.25) is 0 Å². The van der Waals surface area contributed by atoms with Gasteiger partial charge in [0.2, 0.25) is 0 Å². The van der Waals surface area contributed by atoms with Crippen molar-refractivity contribution in [2.24, 2.45) is 5.73 Å². The van der Waals surface area contributed by atoms with E-state index in [1.165, 1.54) is 0 Å². The highest BCUT2D eigenvalue weighted by atomic mass is 35.5. The molecule has 1 aromatic rings. The molecule has 88 valence electrons. The predicted octanol–water partition coefficient (Wildman–Crippen LogP) is 1.92. The smallest absolute Gasteiger partial charge is 0.341 e. The maximum atomic E-state index is 12.6. The summed E-state index contributed by atoms with van der Waals surface area (Å²) >= 11 is 5.65.